The third-order valence-corrected chi connectivity index (χ3v) is 8.50. The Morgan fingerprint density at radius 3 is 2.18 bits per heavy atom. The van der Waals surface area contributed by atoms with Gasteiger partial charge >= 0.3 is 6.15 Å². The molecule has 0 spiro atoms. The van der Waals surface area contributed by atoms with Crippen molar-refractivity contribution in [1.82, 2.24) is 0 Å². The molecule has 0 saturated heterocycles. The van der Waals surface area contributed by atoms with Crippen molar-refractivity contribution in [2.45, 2.75) is 45.3 Å². The first-order valence-corrected chi connectivity index (χ1v) is 10.4. The molecule has 0 N–H and O–H groups in total. The molecule has 0 saturated carbocycles. The van der Waals surface area contributed by atoms with E-state index in [2.05, 4.69) is 33.9 Å². The Labute approximate surface area is 138 Å². The smallest absolute Gasteiger partial charge is 0.373 e. The first kappa shape index (κ1) is 20.9. The molecule has 6 heteroatoms. The summed E-state index contributed by atoms with van der Waals surface area (Å²) in [6.07, 6.45) is 1.14. The van der Waals surface area contributed by atoms with Crippen LogP contribution in [0.2, 0.25) is 23.2 Å². The third kappa shape index (κ3) is 7.76. The highest BCUT2D eigenvalue weighted by Crippen LogP contribution is 2.36. The predicted octanol–water partition coefficient (Wildman–Crippen LogP) is 4.55. The van der Waals surface area contributed by atoms with Gasteiger partial charge in [-0.2, -0.15) is 9.59 Å². The molecule has 0 bridgehead atoms. The summed E-state index contributed by atoms with van der Waals surface area (Å²) in [6, 6.07) is 7.54. The summed E-state index contributed by atoms with van der Waals surface area (Å²) in [6.45, 7) is 12.7. The van der Waals surface area contributed by atoms with Crippen molar-refractivity contribution in [2.75, 3.05) is 13.2 Å². The van der Waals surface area contributed by atoms with Gasteiger partial charge in [-0.25, -0.2) is 0 Å². The van der Waals surface area contributed by atoms with Crippen LogP contribution in [-0.4, -0.2) is 27.7 Å². The van der Waals surface area contributed by atoms with Gasteiger partial charge in [-0.1, -0.05) is 44.5 Å². The van der Waals surface area contributed by atoms with Crippen molar-refractivity contribution in [3.05, 3.63) is 29.3 Å². The van der Waals surface area contributed by atoms with E-state index in [-0.39, 0.29) is 11.2 Å². The predicted molar refractivity (Wildman–Crippen MR) is 89.7 cm³/mol. The summed E-state index contributed by atoms with van der Waals surface area (Å²) in [5.41, 5.74) is 0. The normalized spacial score (nSPS) is 11.2. The Hall–Kier alpha value is -1.13. The van der Waals surface area contributed by atoms with Crippen LogP contribution in [0.25, 0.3) is 0 Å². The van der Waals surface area contributed by atoms with Gasteiger partial charge in [0.1, 0.15) is 5.75 Å². The van der Waals surface area contributed by atoms with Crippen LogP contribution in [0.1, 0.15) is 27.2 Å². The lowest BCUT2D eigenvalue weighted by molar-refractivity contribution is -0.191. The lowest BCUT2D eigenvalue weighted by Gasteiger charge is -2.36. The maximum atomic E-state index is 8.12. The third-order valence-electron chi connectivity index (χ3n) is 3.65. The number of hydrogen-bond donors (Lipinski definition) is 0. The van der Waals surface area contributed by atoms with Crippen LogP contribution in [0.3, 0.4) is 0 Å². The molecule has 1 aromatic rings. The molecule has 1 aromatic carbocycles. The monoisotopic (exact) mass is 344 g/mol. The molecule has 0 aliphatic heterocycles. The maximum Gasteiger partial charge on any atom is 0.373 e. The van der Waals surface area contributed by atoms with E-state index in [1.807, 2.05) is 24.3 Å². The molecule has 0 atom stereocenters. The van der Waals surface area contributed by atoms with Gasteiger partial charge in [0.25, 0.3) is 0 Å². The van der Waals surface area contributed by atoms with Crippen LogP contribution < -0.4 is 4.74 Å². The molecule has 4 nitrogen and oxygen atoms in total. The standard InChI is InChI=1S/C15H25ClO2Si.CO2/c1-15(2,3)19(4,5)18-12-8-11-17-14-10-7-6-9-13(14)16;2-1-3/h6-7,9-10H,8,11-12H2,1-5H3;. The van der Waals surface area contributed by atoms with Crippen LogP contribution in [-0.2, 0) is 14.0 Å². The van der Waals surface area contributed by atoms with Gasteiger partial charge in [0.2, 0.25) is 0 Å². The molecular weight excluding hydrogens is 320 g/mol. The average Bonchev–Trinajstić information content (AvgIpc) is 2.40. The number of para-hydroxylation sites is 1. The fourth-order valence-electron chi connectivity index (χ4n) is 1.35. The number of ether oxygens (including phenoxy) is 1. The van der Waals surface area contributed by atoms with E-state index in [9.17, 15) is 0 Å². The number of benzene rings is 1. The Morgan fingerprint density at radius 2 is 1.68 bits per heavy atom. The molecule has 0 aromatic heterocycles. The minimum atomic E-state index is -1.63. The summed E-state index contributed by atoms with van der Waals surface area (Å²) in [4.78, 5) is 16.2. The molecule has 0 aliphatic rings. The highest BCUT2D eigenvalue weighted by molar-refractivity contribution is 6.74. The molecule has 22 heavy (non-hydrogen) atoms. The lowest BCUT2D eigenvalue weighted by Crippen LogP contribution is -2.41. The minimum absolute atomic E-state index is 0.250. The SMILES string of the molecule is CC(C)(C)[Si](C)(C)OCCCOc1ccccc1Cl.O=C=O. The Balaban J connectivity index is 0.00000135. The second kappa shape index (κ2) is 9.80. The number of carbonyl (C=O) groups excluding carboxylic acids is 2. The average molecular weight is 345 g/mol. The molecule has 1 rings (SSSR count). The van der Waals surface area contributed by atoms with E-state index in [4.69, 9.17) is 30.4 Å². The Bertz CT molecular complexity index is 477. The van der Waals surface area contributed by atoms with Gasteiger partial charge in [0.05, 0.1) is 11.6 Å². The van der Waals surface area contributed by atoms with E-state index in [0.717, 1.165) is 18.8 Å². The van der Waals surface area contributed by atoms with Crippen LogP contribution in [0.4, 0.5) is 0 Å². The Kier molecular flexibility index (Phi) is 9.29. The second-order valence-corrected chi connectivity index (χ2v) is 11.5. The van der Waals surface area contributed by atoms with E-state index in [1.54, 1.807) is 0 Å². The summed E-state index contributed by atoms with van der Waals surface area (Å²) in [5.74, 6) is 0.747. The zero-order chi connectivity index (χ0) is 17.2. The summed E-state index contributed by atoms with van der Waals surface area (Å²) in [5, 5.41) is 0.921. The van der Waals surface area contributed by atoms with E-state index in [1.165, 1.54) is 0 Å². The summed E-state index contributed by atoms with van der Waals surface area (Å²) >= 11 is 6.02. The second-order valence-electron chi connectivity index (χ2n) is 6.32. The molecule has 0 aliphatic carbocycles. The van der Waals surface area contributed by atoms with Gasteiger partial charge in [-0.3, -0.25) is 0 Å². The molecule has 0 heterocycles. The van der Waals surface area contributed by atoms with Crippen LogP contribution in [0.15, 0.2) is 24.3 Å². The lowest BCUT2D eigenvalue weighted by atomic mass is 10.2. The summed E-state index contributed by atoms with van der Waals surface area (Å²) < 4.78 is 11.7. The van der Waals surface area contributed by atoms with Crippen LogP contribution in [0.5, 0.6) is 5.75 Å². The number of rotatable bonds is 6. The van der Waals surface area contributed by atoms with Gasteiger partial charge < -0.3 is 9.16 Å². The van der Waals surface area contributed by atoms with Crippen molar-refractivity contribution in [2.24, 2.45) is 0 Å². The van der Waals surface area contributed by atoms with Gasteiger partial charge in [0.15, 0.2) is 8.32 Å². The van der Waals surface area contributed by atoms with Crippen molar-refractivity contribution in [3.63, 3.8) is 0 Å². The van der Waals surface area contributed by atoms with Gasteiger partial charge in [0, 0.05) is 13.0 Å². The zero-order valence-electron chi connectivity index (χ0n) is 13.9. The van der Waals surface area contributed by atoms with E-state index in [0.29, 0.717) is 11.6 Å². The maximum absolute atomic E-state index is 8.12. The van der Waals surface area contributed by atoms with Crippen molar-refractivity contribution in [1.29, 1.82) is 0 Å². The quantitative estimate of drug-likeness (QED) is 0.561. The van der Waals surface area contributed by atoms with Crippen molar-refractivity contribution < 1.29 is 18.8 Å². The summed E-state index contributed by atoms with van der Waals surface area (Å²) in [7, 11) is -1.63. The van der Waals surface area contributed by atoms with E-state index < -0.39 is 8.32 Å². The van der Waals surface area contributed by atoms with Crippen LogP contribution >= 0.6 is 11.6 Å². The Morgan fingerprint density at radius 1 is 1.14 bits per heavy atom. The van der Waals surface area contributed by atoms with E-state index >= 15 is 0 Å². The molecular formula is C16H25ClO4Si. The topological polar surface area (TPSA) is 52.6 Å². The minimum Gasteiger partial charge on any atom is -0.492 e. The van der Waals surface area contributed by atoms with Crippen LogP contribution in [0, 0.1) is 0 Å². The zero-order valence-corrected chi connectivity index (χ0v) is 15.7. The molecule has 0 amide bonds. The number of hydrogen-bond acceptors (Lipinski definition) is 4. The molecule has 0 unspecified atom stereocenters. The fourth-order valence-corrected chi connectivity index (χ4v) is 2.62. The first-order valence-electron chi connectivity index (χ1n) is 7.16. The molecule has 0 radical (unpaired) electrons. The highest BCUT2D eigenvalue weighted by atomic mass is 35.5. The molecule has 124 valence electrons. The molecule has 0 fully saturated rings. The van der Waals surface area contributed by atoms with Gasteiger partial charge in [-0.15, -0.1) is 0 Å². The number of halogens is 1. The highest BCUT2D eigenvalue weighted by Gasteiger charge is 2.36. The van der Waals surface area contributed by atoms with Crippen molar-refractivity contribution >= 4 is 26.1 Å². The van der Waals surface area contributed by atoms with Crippen molar-refractivity contribution in [3.8, 4) is 5.75 Å². The van der Waals surface area contributed by atoms with Gasteiger partial charge in [-0.05, 0) is 30.3 Å². The first-order chi connectivity index (χ1) is 10.2. The largest absolute Gasteiger partial charge is 0.492 e. The fraction of sp³-hybridized carbons (Fsp3) is 0.562.